The second-order valence-electron chi connectivity index (χ2n) is 5.94. The smallest absolute Gasteiger partial charge is 0.331 e. The molecule has 6 heteroatoms. The van der Waals surface area contributed by atoms with Crippen molar-refractivity contribution in [3.8, 4) is 0 Å². The number of para-hydroxylation sites is 1. The van der Waals surface area contributed by atoms with Crippen LogP contribution in [-0.4, -0.2) is 18.5 Å². The van der Waals surface area contributed by atoms with E-state index in [1.54, 1.807) is 31.2 Å². The van der Waals surface area contributed by atoms with Crippen molar-refractivity contribution in [2.75, 3.05) is 6.61 Å². The van der Waals surface area contributed by atoms with Gasteiger partial charge in [-0.25, -0.2) is 4.79 Å². The number of rotatable bonds is 6. The zero-order chi connectivity index (χ0) is 19.2. The SMILES string of the molecule is C[C@@H](NC(=O)COC(=O)/C=C/c1ccccc1Cl)c1cc2ccccc2o1. The summed E-state index contributed by atoms with van der Waals surface area (Å²) in [4.78, 5) is 23.8. The van der Waals surface area contributed by atoms with Gasteiger partial charge in [-0.05, 0) is 36.8 Å². The minimum atomic E-state index is -0.624. The van der Waals surface area contributed by atoms with Gasteiger partial charge >= 0.3 is 5.97 Å². The van der Waals surface area contributed by atoms with Gasteiger partial charge in [0.05, 0.1) is 6.04 Å². The summed E-state index contributed by atoms with van der Waals surface area (Å²) in [5, 5.41) is 4.23. The highest BCUT2D eigenvalue weighted by Crippen LogP contribution is 2.23. The number of nitrogens with one attached hydrogen (secondary N) is 1. The summed E-state index contributed by atoms with van der Waals surface area (Å²) in [6.07, 6.45) is 2.77. The Morgan fingerprint density at radius 3 is 2.70 bits per heavy atom. The Balaban J connectivity index is 1.50. The lowest BCUT2D eigenvalue weighted by atomic mass is 10.2. The third-order valence-corrected chi connectivity index (χ3v) is 4.24. The first-order valence-corrected chi connectivity index (χ1v) is 8.78. The van der Waals surface area contributed by atoms with Crippen molar-refractivity contribution in [1.82, 2.24) is 5.32 Å². The molecule has 0 unspecified atom stereocenters. The van der Waals surface area contributed by atoms with Crippen LogP contribution in [-0.2, 0) is 14.3 Å². The number of ether oxygens (including phenoxy) is 1. The Kier molecular flexibility index (Phi) is 5.94. The van der Waals surface area contributed by atoms with Gasteiger partial charge in [-0.1, -0.05) is 48.0 Å². The van der Waals surface area contributed by atoms with E-state index in [2.05, 4.69) is 5.32 Å². The summed E-state index contributed by atoms with van der Waals surface area (Å²) in [7, 11) is 0. The normalized spacial score (nSPS) is 12.2. The average molecular weight is 384 g/mol. The summed E-state index contributed by atoms with van der Waals surface area (Å²) in [6.45, 7) is 1.42. The zero-order valence-corrected chi connectivity index (χ0v) is 15.4. The lowest BCUT2D eigenvalue weighted by molar-refractivity contribution is -0.144. The molecule has 2 aromatic carbocycles. The van der Waals surface area contributed by atoms with Crippen LogP contribution in [0.1, 0.15) is 24.3 Å². The summed E-state index contributed by atoms with van der Waals surface area (Å²) < 4.78 is 10.7. The van der Waals surface area contributed by atoms with Crippen molar-refractivity contribution in [2.45, 2.75) is 13.0 Å². The van der Waals surface area contributed by atoms with Crippen LogP contribution in [0.4, 0.5) is 0 Å². The number of benzene rings is 2. The summed E-state index contributed by atoms with van der Waals surface area (Å²) in [5.41, 5.74) is 1.45. The Labute approximate surface area is 161 Å². The van der Waals surface area contributed by atoms with Gasteiger partial charge < -0.3 is 14.5 Å². The predicted molar refractivity (Wildman–Crippen MR) is 104 cm³/mol. The number of fused-ring (bicyclic) bond motifs is 1. The van der Waals surface area contributed by atoms with Crippen molar-refractivity contribution in [3.05, 3.63) is 77.0 Å². The van der Waals surface area contributed by atoms with Crippen molar-refractivity contribution in [3.63, 3.8) is 0 Å². The quantitative estimate of drug-likeness (QED) is 0.502. The van der Waals surface area contributed by atoms with Gasteiger partial charge in [0.25, 0.3) is 5.91 Å². The maximum Gasteiger partial charge on any atom is 0.331 e. The molecule has 0 aliphatic carbocycles. The fourth-order valence-corrected chi connectivity index (χ4v) is 2.72. The topological polar surface area (TPSA) is 68.5 Å². The monoisotopic (exact) mass is 383 g/mol. The Bertz CT molecular complexity index is 960. The molecule has 0 aliphatic rings. The molecule has 0 bridgehead atoms. The van der Waals surface area contributed by atoms with Crippen LogP contribution in [0.15, 0.2) is 65.1 Å². The molecule has 1 aromatic heterocycles. The first-order chi connectivity index (χ1) is 13.0. The lowest BCUT2D eigenvalue weighted by Gasteiger charge is -2.11. The molecule has 3 aromatic rings. The number of amides is 1. The van der Waals surface area contributed by atoms with Crippen LogP contribution >= 0.6 is 11.6 Å². The number of hydrogen-bond acceptors (Lipinski definition) is 4. The van der Waals surface area contributed by atoms with Gasteiger partial charge in [0.15, 0.2) is 6.61 Å². The van der Waals surface area contributed by atoms with E-state index in [-0.39, 0.29) is 12.6 Å². The van der Waals surface area contributed by atoms with E-state index in [1.807, 2.05) is 36.4 Å². The molecule has 0 saturated carbocycles. The van der Waals surface area contributed by atoms with Crippen LogP contribution in [0.3, 0.4) is 0 Å². The largest absolute Gasteiger partial charge is 0.459 e. The fourth-order valence-electron chi connectivity index (χ4n) is 2.52. The Hall–Kier alpha value is -3.05. The molecule has 1 N–H and O–H groups in total. The van der Waals surface area contributed by atoms with Crippen LogP contribution in [0.2, 0.25) is 5.02 Å². The maximum atomic E-state index is 12.0. The van der Waals surface area contributed by atoms with Crippen molar-refractivity contribution in [2.24, 2.45) is 0 Å². The summed E-state index contributed by atoms with van der Waals surface area (Å²) in [6, 6.07) is 16.2. The fraction of sp³-hybridized carbons (Fsp3) is 0.143. The van der Waals surface area contributed by atoms with Crippen LogP contribution in [0.5, 0.6) is 0 Å². The predicted octanol–water partition coefficient (Wildman–Crippen LogP) is 4.52. The third kappa shape index (κ3) is 4.99. The van der Waals surface area contributed by atoms with Crippen molar-refractivity contribution >= 4 is 40.5 Å². The molecule has 1 heterocycles. The minimum absolute atomic E-state index is 0.345. The molecular formula is C21H18ClNO4. The number of hydrogen-bond donors (Lipinski definition) is 1. The molecule has 27 heavy (non-hydrogen) atoms. The van der Waals surface area contributed by atoms with Crippen LogP contribution < -0.4 is 5.32 Å². The number of carbonyl (C=O) groups excluding carboxylic acids is 2. The molecule has 1 amide bonds. The van der Waals surface area contributed by atoms with E-state index in [9.17, 15) is 9.59 Å². The molecule has 138 valence electrons. The van der Waals surface area contributed by atoms with Gasteiger partial charge in [-0.2, -0.15) is 0 Å². The standard InChI is InChI=1S/C21H18ClNO4/c1-14(19-12-16-7-3-5-9-18(16)27-19)23-20(24)13-26-21(25)11-10-15-6-2-4-8-17(15)22/h2-12,14H,13H2,1H3,(H,23,24)/b11-10+/t14-/m1/s1. The van der Waals surface area contributed by atoms with Crippen molar-refractivity contribution < 1.29 is 18.7 Å². The molecule has 0 fully saturated rings. The second kappa shape index (κ2) is 8.56. The molecule has 0 saturated heterocycles. The number of furan rings is 1. The summed E-state index contributed by atoms with van der Waals surface area (Å²) in [5.74, 6) is -0.404. The van der Waals surface area contributed by atoms with Crippen LogP contribution in [0.25, 0.3) is 17.0 Å². The van der Waals surface area contributed by atoms with Gasteiger partial charge in [-0.3, -0.25) is 4.79 Å². The van der Waals surface area contributed by atoms with Gasteiger partial charge in [0.2, 0.25) is 0 Å². The average Bonchev–Trinajstić information content (AvgIpc) is 3.10. The minimum Gasteiger partial charge on any atom is -0.459 e. The highest BCUT2D eigenvalue weighted by atomic mass is 35.5. The van der Waals surface area contributed by atoms with Gasteiger partial charge in [0.1, 0.15) is 11.3 Å². The molecule has 0 aliphatic heterocycles. The van der Waals surface area contributed by atoms with Gasteiger partial charge in [0, 0.05) is 16.5 Å². The van der Waals surface area contributed by atoms with E-state index in [0.29, 0.717) is 16.3 Å². The number of halogens is 1. The first kappa shape index (κ1) is 18.7. The highest BCUT2D eigenvalue weighted by Gasteiger charge is 2.15. The van der Waals surface area contributed by atoms with Crippen LogP contribution in [0, 0.1) is 0 Å². The van der Waals surface area contributed by atoms with Gasteiger partial charge in [-0.15, -0.1) is 0 Å². The molecule has 0 spiro atoms. The second-order valence-corrected chi connectivity index (χ2v) is 6.35. The third-order valence-electron chi connectivity index (χ3n) is 3.90. The van der Waals surface area contributed by atoms with Crippen molar-refractivity contribution in [1.29, 1.82) is 0 Å². The molecule has 0 radical (unpaired) electrons. The summed E-state index contributed by atoms with van der Waals surface area (Å²) >= 11 is 6.00. The molecule has 3 rings (SSSR count). The van der Waals surface area contributed by atoms with E-state index in [1.165, 1.54) is 6.08 Å². The van der Waals surface area contributed by atoms with E-state index in [4.69, 9.17) is 20.8 Å². The molecule has 5 nitrogen and oxygen atoms in total. The molecule has 1 atom stereocenters. The Morgan fingerprint density at radius 2 is 1.93 bits per heavy atom. The van der Waals surface area contributed by atoms with E-state index < -0.39 is 11.9 Å². The zero-order valence-electron chi connectivity index (χ0n) is 14.6. The van der Waals surface area contributed by atoms with E-state index >= 15 is 0 Å². The lowest BCUT2D eigenvalue weighted by Crippen LogP contribution is -2.30. The maximum absolute atomic E-state index is 12.0. The van der Waals surface area contributed by atoms with E-state index in [0.717, 1.165) is 11.0 Å². The number of esters is 1. The Morgan fingerprint density at radius 1 is 1.19 bits per heavy atom. The number of carbonyl (C=O) groups is 2. The molecular weight excluding hydrogens is 366 g/mol. The highest BCUT2D eigenvalue weighted by molar-refractivity contribution is 6.32. The first-order valence-electron chi connectivity index (χ1n) is 8.40.